The number of carboxylic acid groups (broad SMARTS) is 1. The van der Waals surface area contributed by atoms with Crippen LogP contribution in [0.4, 0.5) is 11.5 Å². The number of hydrogen-bond acceptors (Lipinski definition) is 5. The quantitative estimate of drug-likeness (QED) is 0.629. The summed E-state index contributed by atoms with van der Waals surface area (Å²) in [7, 11) is 0. The average Bonchev–Trinajstić information content (AvgIpc) is 3.14. The first-order valence-electron chi connectivity index (χ1n) is 6.16. The van der Waals surface area contributed by atoms with Gasteiger partial charge < -0.3 is 10.0 Å². The minimum atomic E-state index is -0.949. The number of rotatable bonds is 6. The maximum absolute atomic E-state index is 11.0. The predicted octanol–water partition coefficient (Wildman–Crippen LogP) is 2.36. The van der Waals surface area contributed by atoms with E-state index in [2.05, 4.69) is 20.9 Å². The lowest BCUT2D eigenvalue weighted by molar-refractivity contribution is -0.385. The summed E-state index contributed by atoms with van der Waals surface area (Å²) in [4.78, 5) is 27.0. The topological polar surface area (TPSA) is 96.6 Å². The van der Waals surface area contributed by atoms with Crippen molar-refractivity contribution < 1.29 is 14.8 Å². The van der Waals surface area contributed by atoms with Crippen LogP contribution in [0.2, 0.25) is 0 Å². The summed E-state index contributed by atoms with van der Waals surface area (Å²) in [5, 5.41) is 19.8. The lowest BCUT2D eigenvalue weighted by atomic mass is 10.2. The molecule has 1 aliphatic carbocycles. The molecular formula is C12H14BrN3O4. The van der Waals surface area contributed by atoms with Gasteiger partial charge in [-0.2, -0.15) is 0 Å². The van der Waals surface area contributed by atoms with Gasteiger partial charge in [-0.15, -0.1) is 0 Å². The number of carbonyl (C=O) groups is 1. The van der Waals surface area contributed by atoms with Crippen molar-refractivity contribution in [1.29, 1.82) is 0 Å². The number of halogens is 1. The van der Waals surface area contributed by atoms with Crippen LogP contribution in [0.5, 0.6) is 0 Å². The molecule has 1 aromatic rings. The van der Waals surface area contributed by atoms with E-state index in [0.717, 1.165) is 12.8 Å². The van der Waals surface area contributed by atoms with Crippen molar-refractivity contribution in [3.8, 4) is 0 Å². The SMILES string of the molecule is Cc1c([N+](=O)[O-])cnc(N(CC(=O)O)CC2CC2)c1Br. The average molecular weight is 344 g/mol. The first-order valence-corrected chi connectivity index (χ1v) is 6.95. The van der Waals surface area contributed by atoms with Gasteiger partial charge in [0.15, 0.2) is 0 Å². The third-order valence-corrected chi connectivity index (χ3v) is 4.17. The van der Waals surface area contributed by atoms with Crippen LogP contribution in [0.3, 0.4) is 0 Å². The molecule has 0 aliphatic heterocycles. The molecule has 0 bridgehead atoms. The molecule has 1 fully saturated rings. The van der Waals surface area contributed by atoms with Crippen molar-refractivity contribution in [3.63, 3.8) is 0 Å². The van der Waals surface area contributed by atoms with Crippen molar-refractivity contribution in [3.05, 3.63) is 26.3 Å². The molecule has 0 aromatic carbocycles. The Kier molecular flexibility index (Phi) is 4.22. The minimum absolute atomic E-state index is 0.0812. The van der Waals surface area contributed by atoms with Crippen LogP contribution in [0.1, 0.15) is 18.4 Å². The lowest BCUT2D eigenvalue weighted by Crippen LogP contribution is -2.32. The summed E-state index contributed by atoms with van der Waals surface area (Å²) in [5.41, 5.74) is 0.369. The molecule has 1 aromatic heterocycles. The van der Waals surface area contributed by atoms with E-state index in [-0.39, 0.29) is 12.2 Å². The van der Waals surface area contributed by atoms with Crippen LogP contribution in [0, 0.1) is 23.0 Å². The highest BCUT2D eigenvalue weighted by molar-refractivity contribution is 9.10. The number of aromatic nitrogens is 1. The normalized spacial score (nSPS) is 14.1. The van der Waals surface area contributed by atoms with Gasteiger partial charge in [0.1, 0.15) is 18.6 Å². The smallest absolute Gasteiger partial charge is 0.323 e. The van der Waals surface area contributed by atoms with E-state index in [9.17, 15) is 14.9 Å². The Labute approximate surface area is 123 Å². The molecule has 7 nitrogen and oxygen atoms in total. The van der Waals surface area contributed by atoms with Crippen molar-refractivity contribution in [2.24, 2.45) is 5.92 Å². The van der Waals surface area contributed by atoms with E-state index >= 15 is 0 Å². The Bertz CT molecular complexity index is 560. The van der Waals surface area contributed by atoms with Crippen LogP contribution in [-0.4, -0.2) is 34.1 Å². The molecule has 0 saturated heterocycles. The van der Waals surface area contributed by atoms with Gasteiger partial charge in [0.05, 0.1) is 9.40 Å². The maximum atomic E-state index is 11.0. The van der Waals surface area contributed by atoms with Crippen molar-refractivity contribution >= 4 is 33.4 Å². The fourth-order valence-electron chi connectivity index (χ4n) is 1.96. The van der Waals surface area contributed by atoms with Gasteiger partial charge in [-0.25, -0.2) is 4.98 Å². The van der Waals surface area contributed by atoms with Crippen LogP contribution < -0.4 is 4.90 Å². The predicted molar refractivity (Wildman–Crippen MR) is 75.9 cm³/mol. The fraction of sp³-hybridized carbons (Fsp3) is 0.500. The number of pyridine rings is 1. The second-order valence-corrected chi connectivity index (χ2v) is 5.67. The zero-order valence-corrected chi connectivity index (χ0v) is 12.5. The van der Waals surface area contributed by atoms with Gasteiger partial charge >= 0.3 is 5.97 Å². The summed E-state index contributed by atoms with van der Waals surface area (Å²) in [6.07, 6.45) is 3.34. The molecule has 0 amide bonds. The van der Waals surface area contributed by atoms with Gasteiger partial charge in [0.2, 0.25) is 0 Å². The third-order valence-electron chi connectivity index (χ3n) is 3.22. The highest BCUT2D eigenvalue weighted by Gasteiger charge is 2.28. The van der Waals surface area contributed by atoms with E-state index in [1.807, 2.05) is 0 Å². The molecule has 0 radical (unpaired) electrons. The highest BCUT2D eigenvalue weighted by Crippen LogP contribution is 2.36. The zero-order valence-electron chi connectivity index (χ0n) is 10.9. The summed E-state index contributed by atoms with van der Waals surface area (Å²) < 4.78 is 0.480. The van der Waals surface area contributed by atoms with E-state index in [0.29, 0.717) is 28.3 Å². The molecule has 0 atom stereocenters. The number of carboxylic acids is 1. The van der Waals surface area contributed by atoms with Gasteiger partial charge in [-0.3, -0.25) is 14.9 Å². The molecule has 2 rings (SSSR count). The maximum Gasteiger partial charge on any atom is 0.323 e. The molecule has 1 heterocycles. The third kappa shape index (κ3) is 3.24. The Balaban J connectivity index is 2.34. The van der Waals surface area contributed by atoms with Crippen LogP contribution in [0.15, 0.2) is 10.7 Å². The molecule has 1 saturated carbocycles. The molecule has 108 valence electrons. The van der Waals surface area contributed by atoms with Crippen LogP contribution in [-0.2, 0) is 4.79 Å². The zero-order chi connectivity index (χ0) is 14.9. The summed E-state index contributed by atoms with van der Waals surface area (Å²) in [6.45, 7) is 2.05. The molecular weight excluding hydrogens is 330 g/mol. The van der Waals surface area contributed by atoms with E-state index in [1.54, 1.807) is 11.8 Å². The summed E-state index contributed by atoms with van der Waals surface area (Å²) in [5.74, 6) is -0.0173. The molecule has 0 unspecified atom stereocenters. The number of anilines is 1. The number of hydrogen-bond donors (Lipinski definition) is 1. The first-order chi connectivity index (χ1) is 9.40. The fourth-order valence-corrected chi connectivity index (χ4v) is 2.52. The number of nitro groups is 1. The van der Waals surface area contributed by atoms with Gasteiger partial charge in [-0.1, -0.05) is 0 Å². The Morgan fingerprint density at radius 2 is 2.30 bits per heavy atom. The second kappa shape index (κ2) is 5.74. The van der Waals surface area contributed by atoms with E-state index in [1.165, 1.54) is 6.20 Å². The molecule has 0 spiro atoms. The Hall–Kier alpha value is -1.70. The molecule has 1 aliphatic rings. The molecule has 8 heteroatoms. The van der Waals surface area contributed by atoms with Crippen LogP contribution in [0.25, 0.3) is 0 Å². The van der Waals surface area contributed by atoms with Crippen molar-refractivity contribution in [1.82, 2.24) is 4.98 Å². The Morgan fingerprint density at radius 3 is 2.80 bits per heavy atom. The molecule has 20 heavy (non-hydrogen) atoms. The van der Waals surface area contributed by atoms with Crippen molar-refractivity contribution in [2.75, 3.05) is 18.0 Å². The van der Waals surface area contributed by atoms with E-state index in [4.69, 9.17) is 5.11 Å². The largest absolute Gasteiger partial charge is 0.480 e. The van der Waals surface area contributed by atoms with Gasteiger partial charge in [0, 0.05) is 12.1 Å². The standard InChI is InChI=1S/C12H14BrN3O4/c1-7-9(16(19)20)4-14-12(11(7)13)15(6-10(17)18)5-8-2-3-8/h4,8H,2-3,5-6H2,1H3,(H,17,18). The van der Waals surface area contributed by atoms with E-state index < -0.39 is 10.9 Å². The first kappa shape index (κ1) is 14.7. The van der Waals surface area contributed by atoms with Gasteiger partial charge in [-0.05, 0) is 41.6 Å². The molecule has 1 N–H and O–H groups in total. The van der Waals surface area contributed by atoms with Crippen LogP contribution >= 0.6 is 15.9 Å². The summed E-state index contributed by atoms with van der Waals surface area (Å²) >= 11 is 3.30. The number of nitrogens with zero attached hydrogens (tertiary/aromatic N) is 3. The van der Waals surface area contributed by atoms with Crippen molar-refractivity contribution in [2.45, 2.75) is 19.8 Å². The summed E-state index contributed by atoms with van der Waals surface area (Å²) in [6, 6.07) is 0. The highest BCUT2D eigenvalue weighted by atomic mass is 79.9. The minimum Gasteiger partial charge on any atom is -0.480 e. The lowest BCUT2D eigenvalue weighted by Gasteiger charge is -2.23. The van der Waals surface area contributed by atoms with Gasteiger partial charge in [0.25, 0.3) is 5.69 Å². The monoisotopic (exact) mass is 343 g/mol. The Morgan fingerprint density at radius 1 is 1.65 bits per heavy atom. The number of aliphatic carboxylic acids is 1. The second-order valence-electron chi connectivity index (χ2n) is 4.88.